The number of nitrogens with one attached hydrogen (secondary N) is 1. The van der Waals surface area contributed by atoms with E-state index in [4.69, 9.17) is 16.3 Å². The SMILES string of the molecule is CCCCNC(=O)[C@H](C)N(Cc1ccc(F)cc1)C(=O)COc1ccc(Cl)cc1Br. The maximum Gasteiger partial charge on any atom is 0.261 e. The van der Waals surface area contributed by atoms with Crippen LogP contribution in [0.15, 0.2) is 46.9 Å². The van der Waals surface area contributed by atoms with E-state index in [-0.39, 0.29) is 30.8 Å². The van der Waals surface area contributed by atoms with Gasteiger partial charge in [0.25, 0.3) is 5.91 Å². The van der Waals surface area contributed by atoms with Gasteiger partial charge in [0, 0.05) is 18.1 Å². The number of ether oxygens (including phenoxy) is 1. The van der Waals surface area contributed by atoms with Crippen LogP contribution >= 0.6 is 27.5 Å². The van der Waals surface area contributed by atoms with Crippen molar-refractivity contribution in [1.82, 2.24) is 10.2 Å². The Hall–Kier alpha value is -2.12. The summed E-state index contributed by atoms with van der Waals surface area (Å²) in [6.07, 6.45) is 1.81. The van der Waals surface area contributed by atoms with E-state index in [1.54, 1.807) is 37.3 Å². The maximum absolute atomic E-state index is 13.2. The number of carbonyl (C=O) groups excluding carboxylic acids is 2. The number of hydrogen-bond donors (Lipinski definition) is 1. The first-order valence-electron chi connectivity index (χ1n) is 9.71. The molecular weight excluding hydrogens is 475 g/mol. The summed E-state index contributed by atoms with van der Waals surface area (Å²) in [4.78, 5) is 26.9. The Balaban J connectivity index is 2.12. The third kappa shape index (κ3) is 7.29. The molecule has 162 valence electrons. The second kappa shape index (κ2) is 11.9. The van der Waals surface area contributed by atoms with Crippen LogP contribution in [-0.2, 0) is 16.1 Å². The van der Waals surface area contributed by atoms with Crippen LogP contribution in [-0.4, -0.2) is 35.9 Å². The highest BCUT2D eigenvalue weighted by atomic mass is 79.9. The Kier molecular flexibility index (Phi) is 9.59. The Morgan fingerprint density at radius 1 is 1.23 bits per heavy atom. The van der Waals surface area contributed by atoms with Crippen LogP contribution in [0.3, 0.4) is 0 Å². The number of halogens is 3. The van der Waals surface area contributed by atoms with E-state index in [0.717, 1.165) is 12.8 Å². The third-order valence-electron chi connectivity index (χ3n) is 4.51. The van der Waals surface area contributed by atoms with Gasteiger partial charge in [-0.25, -0.2) is 4.39 Å². The van der Waals surface area contributed by atoms with Gasteiger partial charge in [0.2, 0.25) is 5.91 Å². The van der Waals surface area contributed by atoms with Crippen molar-refractivity contribution in [1.29, 1.82) is 0 Å². The number of unbranched alkanes of at least 4 members (excludes halogenated alkanes) is 1. The summed E-state index contributed by atoms with van der Waals surface area (Å²) in [5.74, 6) is -0.502. The van der Waals surface area contributed by atoms with Gasteiger partial charge in [-0.15, -0.1) is 0 Å². The van der Waals surface area contributed by atoms with Crippen molar-refractivity contribution in [3.8, 4) is 5.75 Å². The van der Waals surface area contributed by atoms with Crippen molar-refractivity contribution in [2.45, 2.75) is 39.3 Å². The van der Waals surface area contributed by atoms with Gasteiger partial charge in [0.15, 0.2) is 6.61 Å². The zero-order valence-corrected chi connectivity index (χ0v) is 19.3. The number of amides is 2. The van der Waals surface area contributed by atoms with Crippen molar-refractivity contribution >= 4 is 39.3 Å². The standard InChI is InChI=1S/C22H25BrClFN2O3/c1-3-4-11-26-22(29)15(2)27(13-16-5-8-18(25)9-6-16)21(28)14-30-20-10-7-17(24)12-19(20)23/h5-10,12,15H,3-4,11,13-14H2,1-2H3,(H,26,29)/t15-/m0/s1. The van der Waals surface area contributed by atoms with Crippen molar-refractivity contribution in [2.24, 2.45) is 0 Å². The highest BCUT2D eigenvalue weighted by molar-refractivity contribution is 9.10. The number of nitrogens with zero attached hydrogens (tertiary/aromatic N) is 1. The summed E-state index contributed by atoms with van der Waals surface area (Å²) in [6.45, 7) is 4.15. The smallest absolute Gasteiger partial charge is 0.261 e. The molecule has 2 rings (SSSR count). The van der Waals surface area contributed by atoms with E-state index in [2.05, 4.69) is 21.2 Å². The lowest BCUT2D eigenvalue weighted by molar-refractivity contribution is -0.142. The molecule has 5 nitrogen and oxygen atoms in total. The number of hydrogen-bond acceptors (Lipinski definition) is 3. The van der Waals surface area contributed by atoms with E-state index in [9.17, 15) is 14.0 Å². The second-order valence-electron chi connectivity index (χ2n) is 6.83. The summed E-state index contributed by atoms with van der Waals surface area (Å²) < 4.78 is 19.5. The van der Waals surface area contributed by atoms with Crippen LogP contribution in [0.4, 0.5) is 4.39 Å². The monoisotopic (exact) mass is 498 g/mol. The Morgan fingerprint density at radius 3 is 2.57 bits per heavy atom. The second-order valence-corrected chi connectivity index (χ2v) is 8.12. The van der Waals surface area contributed by atoms with Crippen LogP contribution in [0.25, 0.3) is 0 Å². The van der Waals surface area contributed by atoms with E-state index in [1.807, 2.05) is 6.92 Å². The molecule has 0 radical (unpaired) electrons. The summed E-state index contributed by atoms with van der Waals surface area (Å²) in [6, 6.07) is 10.1. The third-order valence-corrected chi connectivity index (χ3v) is 5.36. The van der Waals surface area contributed by atoms with Gasteiger partial charge < -0.3 is 15.0 Å². The van der Waals surface area contributed by atoms with Crippen molar-refractivity contribution in [3.63, 3.8) is 0 Å². The molecule has 0 aliphatic rings. The molecule has 8 heteroatoms. The van der Waals surface area contributed by atoms with E-state index in [1.165, 1.54) is 17.0 Å². The van der Waals surface area contributed by atoms with E-state index in [0.29, 0.717) is 27.4 Å². The van der Waals surface area contributed by atoms with Crippen LogP contribution in [0, 0.1) is 5.82 Å². The first kappa shape index (κ1) is 24.2. The van der Waals surface area contributed by atoms with Gasteiger partial charge in [-0.1, -0.05) is 37.1 Å². The molecule has 0 heterocycles. The molecule has 2 aromatic carbocycles. The van der Waals surface area contributed by atoms with Gasteiger partial charge in [0.05, 0.1) is 4.47 Å². The predicted octanol–water partition coefficient (Wildman–Crippen LogP) is 4.95. The van der Waals surface area contributed by atoms with Gasteiger partial charge in [0.1, 0.15) is 17.6 Å². The van der Waals surface area contributed by atoms with Gasteiger partial charge in [-0.2, -0.15) is 0 Å². The van der Waals surface area contributed by atoms with Crippen LogP contribution in [0.1, 0.15) is 32.3 Å². The fraction of sp³-hybridized carbons (Fsp3) is 0.364. The quantitative estimate of drug-likeness (QED) is 0.470. The topological polar surface area (TPSA) is 58.6 Å². The number of benzene rings is 2. The van der Waals surface area contributed by atoms with Crippen LogP contribution < -0.4 is 10.1 Å². The molecular formula is C22H25BrClFN2O3. The zero-order valence-electron chi connectivity index (χ0n) is 17.0. The molecule has 0 bridgehead atoms. The molecule has 0 aliphatic carbocycles. The first-order valence-corrected chi connectivity index (χ1v) is 10.9. The average molecular weight is 500 g/mol. The fourth-order valence-electron chi connectivity index (χ4n) is 2.72. The molecule has 0 saturated heterocycles. The molecule has 0 aliphatic heterocycles. The highest BCUT2D eigenvalue weighted by Crippen LogP contribution is 2.28. The van der Waals surface area contributed by atoms with E-state index >= 15 is 0 Å². The van der Waals surface area contributed by atoms with Gasteiger partial charge in [-0.05, 0) is 65.2 Å². The summed E-state index contributed by atoms with van der Waals surface area (Å²) in [5, 5.41) is 3.38. The van der Waals surface area contributed by atoms with Gasteiger partial charge >= 0.3 is 0 Å². The number of carbonyl (C=O) groups is 2. The lowest BCUT2D eigenvalue weighted by atomic mass is 10.1. The molecule has 0 aromatic heterocycles. The molecule has 1 atom stereocenters. The molecule has 2 amide bonds. The van der Waals surface area contributed by atoms with Crippen molar-refractivity contribution in [3.05, 3.63) is 63.3 Å². The fourth-order valence-corrected chi connectivity index (χ4v) is 3.52. The molecule has 0 spiro atoms. The Bertz CT molecular complexity index is 864. The largest absolute Gasteiger partial charge is 0.483 e. The Labute approximate surface area is 189 Å². The lowest BCUT2D eigenvalue weighted by Crippen LogP contribution is -2.49. The van der Waals surface area contributed by atoms with E-state index < -0.39 is 6.04 Å². The lowest BCUT2D eigenvalue weighted by Gasteiger charge is -2.29. The predicted molar refractivity (Wildman–Crippen MR) is 119 cm³/mol. The Morgan fingerprint density at radius 2 is 1.93 bits per heavy atom. The average Bonchev–Trinajstić information content (AvgIpc) is 2.72. The molecule has 1 N–H and O–H groups in total. The minimum absolute atomic E-state index is 0.159. The summed E-state index contributed by atoms with van der Waals surface area (Å²) >= 11 is 9.28. The molecule has 0 fully saturated rings. The van der Waals surface area contributed by atoms with Gasteiger partial charge in [-0.3, -0.25) is 9.59 Å². The van der Waals surface area contributed by atoms with Crippen molar-refractivity contribution < 1.29 is 18.7 Å². The minimum Gasteiger partial charge on any atom is -0.483 e. The minimum atomic E-state index is -0.711. The number of rotatable bonds is 10. The van der Waals surface area contributed by atoms with Crippen molar-refractivity contribution in [2.75, 3.05) is 13.2 Å². The first-order chi connectivity index (χ1) is 14.3. The maximum atomic E-state index is 13.2. The molecule has 2 aromatic rings. The highest BCUT2D eigenvalue weighted by Gasteiger charge is 2.26. The molecule has 0 unspecified atom stereocenters. The summed E-state index contributed by atoms with van der Waals surface area (Å²) in [7, 11) is 0. The van der Waals surface area contributed by atoms with Crippen LogP contribution in [0.2, 0.25) is 5.02 Å². The van der Waals surface area contributed by atoms with Crippen LogP contribution in [0.5, 0.6) is 5.75 Å². The molecule has 0 saturated carbocycles. The summed E-state index contributed by atoms with van der Waals surface area (Å²) in [5.41, 5.74) is 0.714. The normalized spacial score (nSPS) is 11.6. The molecule has 30 heavy (non-hydrogen) atoms. The zero-order chi connectivity index (χ0) is 22.1.